The van der Waals surface area contributed by atoms with Crippen molar-refractivity contribution in [2.75, 3.05) is 0 Å². The summed E-state index contributed by atoms with van der Waals surface area (Å²) < 4.78 is 27.2. The van der Waals surface area contributed by atoms with Crippen LogP contribution in [-0.4, -0.2) is 4.98 Å². The Morgan fingerprint density at radius 1 is 1.06 bits per heavy atom. The summed E-state index contributed by atoms with van der Waals surface area (Å²) in [6, 6.07) is 3.19. The maximum atomic E-state index is 13.7. The van der Waals surface area contributed by atoms with E-state index >= 15 is 0 Å². The summed E-state index contributed by atoms with van der Waals surface area (Å²) in [6.07, 6.45) is 0. The van der Waals surface area contributed by atoms with E-state index in [-0.39, 0.29) is 0 Å². The van der Waals surface area contributed by atoms with Crippen LogP contribution >= 0.6 is 11.3 Å². The van der Waals surface area contributed by atoms with Crippen LogP contribution in [0.4, 0.5) is 8.78 Å². The molecule has 0 aliphatic carbocycles. The Kier molecular flexibility index (Phi) is 2.76. The van der Waals surface area contributed by atoms with E-state index in [0.29, 0.717) is 16.0 Å². The van der Waals surface area contributed by atoms with Gasteiger partial charge in [0.15, 0.2) is 11.6 Å². The number of hydrogen-bond acceptors (Lipinski definition) is 2. The van der Waals surface area contributed by atoms with Crippen LogP contribution < -0.4 is 0 Å². The molecule has 84 valence electrons. The lowest BCUT2D eigenvalue weighted by atomic mass is 10.1. The van der Waals surface area contributed by atoms with E-state index in [1.54, 1.807) is 26.0 Å². The maximum Gasteiger partial charge on any atom is 0.167 e. The fourth-order valence-corrected chi connectivity index (χ4v) is 2.54. The van der Waals surface area contributed by atoms with Crippen LogP contribution in [0.5, 0.6) is 0 Å². The van der Waals surface area contributed by atoms with Gasteiger partial charge in [0.25, 0.3) is 0 Å². The van der Waals surface area contributed by atoms with E-state index in [2.05, 4.69) is 4.98 Å². The molecular formula is C12H11F2NS. The van der Waals surface area contributed by atoms with Gasteiger partial charge in [-0.3, -0.25) is 0 Å². The molecule has 0 spiro atoms. The predicted molar refractivity (Wildman–Crippen MR) is 61.7 cm³/mol. The van der Waals surface area contributed by atoms with E-state index in [1.165, 1.54) is 11.3 Å². The van der Waals surface area contributed by atoms with E-state index in [9.17, 15) is 8.78 Å². The molecule has 1 aromatic carbocycles. The molecule has 0 unspecified atom stereocenters. The van der Waals surface area contributed by atoms with Gasteiger partial charge in [-0.25, -0.2) is 13.8 Å². The van der Waals surface area contributed by atoms with Crippen molar-refractivity contribution in [1.29, 1.82) is 0 Å². The third-order valence-electron chi connectivity index (χ3n) is 2.42. The molecular weight excluding hydrogens is 228 g/mol. The smallest absolute Gasteiger partial charge is 0.167 e. The van der Waals surface area contributed by atoms with Gasteiger partial charge in [0, 0.05) is 5.56 Å². The maximum absolute atomic E-state index is 13.7. The molecule has 1 nitrogen and oxygen atoms in total. The Balaban J connectivity index is 2.65. The van der Waals surface area contributed by atoms with Crippen LogP contribution in [0, 0.1) is 32.4 Å². The molecule has 0 saturated carbocycles. The molecule has 2 rings (SSSR count). The molecule has 16 heavy (non-hydrogen) atoms. The van der Waals surface area contributed by atoms with Gasteiger partial charge >= 0.3 is 0 Å². The standard InChI is InChI=1S/C12H11F2NS/c1-6-4-5-9(11(14)10(6)13)12-7(2)15-8(3)16-12/h4-5H,1-3H3. The molecule has 0 bridgehead atoms. The highest BCUT2D eigenvalue weighted by Gasteiger charge is 2.16. The topological polar surface area (TPSA) is 12.9 Å². The summed E-state index contributed by atoms with van der Waals surface area (Å²) in [5.41, 5.74) is 1.36. The van der Waals surface area contributed by atoms with E-state index in [1.807, 2.05) is 6.92 Å². The second-order valence-electron chi connectivity index (χ2n) is 3.71. The fourth-order valence-electron chi connectivity index (χ4n) is 1.60. The number of halogens is 2. The van der Waals surface area contributed by atoms with E-state index in [0.717, 1.165) is 10.7 Å². The van der Waals surface area contributed by atoms with Crippen molar-refractivity contribution in [3.63, 3.8) is 0 Å². The number of nitrogens with zero attached hydrogens (tertiary/aromatic N) is 1. The van der Waals surface area contributed by atoms with Crippen molar-refractivity contribution >= 4 is 11.3 Å². The van der Waals surface area contributed by atoms with Crippen molar-refractivity contribution in [1.82, 2.24) is 4.98 Å². The molecule has 0 fully saturated rings. The molecule has 0 radical (unpaired) electrons. The Bertz CT molecular complexity index is 546. The quantitative estimate of drug-likeness (QED) is 0.732. The highest BCUT2D eigenvalue weighted by molar-refractivity contribution is 7.15. The van der Waals surface area contributed by atoms with Crippen molar-refractivity contribution in [3.05, 3.63) is 40.0 Å². The third kappa shape index (κ3) is 1.73. The summed E-state index contributed by atoms with van der Waals surface area (Å²) >= 11 is 1.38. The highest BCUT2D eigenvalue weighted by atomic mass is 32.1. The van der Waals surface area contributed by atoms with E-state index in [4.69, 9.17) is 0 Å². The lowest BCUT2D eigenvalue weighted by Crippen LogP contribution is -1.92. The molecule has 0 amide bonds. The Hall–Kier alpha value is -1.29. The van der Waals surface area contributed by atoms with Gasteiger partial charge in [0.2, 0.25) is 0 Å². The Labute approximate surface area is 96.8 Å². The number of rotatable bonds is 1. The lowest BCUT2D eigenvalue weighted by Gasteiger charge is -2.04. The first-order valence-corrected chi connectivity index (χ1v) is 5.71. The monoisotopic (exact) mass is 239 g/mol. The Morgan fingerprint density at radius 3 is 2.31 bits per heavy atom. The molecule has 0 aliphatic heterocycles. The number of benzene rings is 1. The van der Waals surface area contributed by atoms with Crippen molar-refractivity contribution < 1.29 is 8.78 Å². The summed E-state index contributed by atoms with van der Waals surface area (Å²) in [4.78, 5) is 4.91. The van der Waals surface area contributed by atoms with Gasteiger partial charge in [-0.2, -0.15) is 0 Å². The Morgan fingerprint density at radius 2 is 1.75 bits per heavy atom. The molecule has 1 heterocycles. The zero-order valence-corrected chi connectivity index (χ0v) is 10.1. The van der Waals surface area contributed by atoms with Gasteiger partial charge in [-0.05, 0) is 26.3 Å². The van der Waals surface area contributed by atoms with Gasteiger partial charge in [0.1, 0.15) is 0 Å². The molecule has 1 aromatic heterocycles. The van der Waals surface area contributed by atoms with Crippen LogP contribution in [0.1, 0.15) is 16.3 Å². The molecule has 4 heteroatoms. The van der Waals surface area contributed by atoms with Gasteiger partial charge in [-0.1, -0.05) is 12.1 Å². The predicted octanol–water partition coefficient (Wildman–Crippen LogP) is 4.01. The summed E-state index contributed by atoms with van der Waals surface area (Å²) in [5.74, 6) is -1.56. The molecule has 0 N–H and O–H groups in total. The minimum Gasteiger partial charge on any atom is -0.246 e. The first-order valence-electron chi connectivity index (χ1n) is 4.89. The average Bonchev–Trinajstić information content (AvgIpc) is 2.55. The second kappa shape index (κ2) is 3.94. The summed E-state index contributed by atoms with van der Waals surface area (Å²) in [7, 11) is 0. The summed E-state index contributed by atoms with van der Waals surface area (Å²) in [5, 5.41) is 0.855. The highest BCUT2D eigenvalue weighted by Crippen LogP contribution is 2.33. The van der Waals surface area contributed by atoms with Crippen molar-refractivity contribution in [2.24, 2.45) is 0 Å². The first-order chi connectivity index (χ1) is 7.50. The molecule has 0 atom stereocenters. The normalized spacial score (nSPS) is 10.8. The van der Waals surface area contributed by atoms with Crippen molar-refractivity contribution in [3.8, 4) is 10.4 Å². The SMILES string of the molecule is Cc1nc(C)c(-c2ccc(C)c(F)c2F)s1. The van der Waals surface area contributed by atoms with Crippen LogP contribution in [0.25, 0.3) is 10.4 Å². The largest absolute Gasteiger partial charge is 0.246 e. The summed E-state index contributed by atoms with van der Waals surface area (Å²) in [6.45, 7) is 5.20. The fraction of sp³-hybridized carbons (Fsp3) is 0.250. The van der Waals surface area contributed by atoms with Gasteiger partial charge < -0.3 is 0 Å². The van der Waals surface area contributed by atoms with Crippen LogP contribution in [0.2, 0.25) is 0 Å². The number of aromatic nitrogens is 1. The van der Waals surface area contributed by atoms with Crippen LogP contribution in [0.15, 0.2) is 12.1 Å². The lowest BCUT2D eigenvalue weighted by molar-refractivity contribution is 0.506. The van der Waals surface area contributed by atoms with Gasteiger partial charge in [0.05, 0.1) is 15.6 Å². The molecule has 2 aromatic rings. The second-order valence-corrected chi connectivity index (χ2v) is 4.91. The number of aryl methyl sites for hydroxylation is 3. The minimum absolute atomic E-state index is 0.297. The average molecular weight is 239 g/mol. The number of thiazole rings is 1. The van der Waals surface area contributed by atoms with Crippen LogP contribution in [0.3, 0.4) is 0 Å². The minimum atomic E-state index is -0.785. The molecule has 0 aliphatic rings. The molecule has 0 saturated heterocycles. The number of hydrogen-bond donors (Lipinski definition) is 0. The van der Waals surface area contributed by atoms with Crippen molar-refractivity contribution in [2.45, 2.75) is 20.8 Å². The van der Waals surface area contributed by atoms with Gasteiger partial charge in [-0.15, -0.1) is 11.3 Å². The first kappa shape index (κ1) is 11.2. The van der Waals surface area contributed by atoms with E-state index < -0.39 is 11.6 Å². The van der Waals surface area contributed by atoms with Crippen LogP contribution in [-0.2, 0) is 0 Å². The third-order valence-corrected chi connectivity index (χ3v) is 3.53. The zero-order valence-electron chi connectivity index (χ0n) is 9.27. The zero-order chi connectivity index (χ0) is 11.9.